The van der Waals surface area contributed by atoms with E-state index in [-0.39, 0.29) is 11.8 Å². The first-order chi connectivity index (χ1) is 27.2. The smallest absolute Gasteiger partial charge is 0.504 e. The predicted octanol–water partition coefficient (Wildman–Crippen LogP) is 6.65. The van der Waals surface area contributed by atoms with Crippen LogP contribution in [0.15, 0.2) is 103 Å². The van der Waals surface area contributed by atoms with Crippen molar-refractivity contribution in [1.29, 1.82) is 0 Å². The number of likely N-dealkylation sites (tertiary alicyclic amines) is 2. The van der Waals surface area contributed by atoms with Gasteiger partial charge in [-0.15, -0.1) is 0 Å². The zero-order chi connectivity index (χ0) is 38.8. The summed E-state index contributed by atoms with van der Waals surface area (Å²) in [5.41, 5.74) is 18.4. The molecule has 286 valence electrons. The lowest BCUT2D eigenvalue weighted by Gasteiger charge is -2.32. The minimum atomic E-state index is -1.40. The topological polar surface area (TPSA) is 144 Å². The number of carbonyl (C=O) groups excluding carboxylic acids is 3. The Morgan fingerprint density at radius 3 is 2.00 bits per heavy atom. The molecule has 56 heavy (non-hydrogen) atoms. The average Bonchev–Trinajstić information content (AvgIpc) is 3.82. The highest BCUT2D eigenvalue weighted by molar-refractivity contribution is 6.55. The van der Waals surface area contributed by atoms with Gasteiger partial charge in [0.05, 0.1) is 0 Å². The first-order valence-electron chi connectivity index (χ1n) is 19.7. The Hall–Kier alpha value is -5.49. The van der Waals surface area contributed by atoms with Crippen LogP contribution in [0, 0.1) is 0 Å². The van der Waals surface area contributed by atoms with Crippen molar-refractivity contribution in [3.8, 4) is 0 Å². The Balaban J connectivity index is 0.906. The summed E-state index contributed by atoms with van der Waals surface area (Å²) in [4.78, 5) is 47.8. The van der Waals surface area contributed by atoms with Crippen LogP contribution in [0.3, 0.4) is 0 Å². The van der Waals surface area contributed by atoms with E-state index in [0.29, 0.717) is 67.9 Å². The molecule has 0 bridgehead atoms. The molecule has 0 saturated carbocycles. The standard InChI is InChI=1S/C45H48BN5O5/c1-45(39-12-5-13-40-38(39)27-41(49-40)43(53)51-22-17-34(18-23-51)36-10-4-8-32(26-36)29-48)44(54)55-46(56-45)19-14-30-6-2-11-37(24-30)42(52)50-20-15-33(16-21-50)35-9-3-7-31(25-35)28-47/h2-14,19,24-27,33-34,49H,15-18,20-23,28-29,47-48H2,1H3/b19-14+/t45-/m0/s1. The van der Waals surface area contributed by atoms with Gasteiger partial charge in [-0.3, -0.25) is 14.4 Å². The second-order valence-corrected chi connectivity index (χ2v) is 15.4. The first kappa shape index (κ1) is 37.4. The highest BCUT2D eigenvalue weighted by Gasteiger charge is 2.50. The van der Waals surface area contributed by atoms with Crippen molar-refractivity contribution in [1.82, 2.24) is 14.8 Å². The van der Waals surface area contributed by atoms with E-state index in [1.165, 1.54) is 11.1 Å². The summed E-state index contributed by atoms with van der Waals surface area (Å²) >= 11 is 0. The van der Waals surface area contributed by atoms with E-state index in [4.69, 9.17) is 20.8 Å². The third-order valence-electron chi connectivity index (χ3n) is 11.8. The van der Waals surface area contributed by atoms with E-state index in [9.17, 15) is 14.4 Å². The van der Waals surface area contributed by atoms with E-state index < -0.39 is 18.7 Å². The van der Waals surface area contributed by atoms with Gasteiger partial charge in [-0.2, -0.15) is 0 Å². The monoisotopic (exact) mass is 749 g/mol. The molecule has 1 aromatic heterocycles. The molecule has 3 fully saturated rings. The number of nitrogens with two attached hydrogens (primary N) is 2. The third-order valence-corrected chi connectivity index (χ3v) is 11.8. The Bertz CT molecular complexity index is 2290. The van der Waals surface area contributed by atoms with Gasteiger partial charge in [0.25, 0.3) is 11.8 Å². The molecule has 5 N–H and O–H groups in total. The number of piperidine rings is 2. The lowest BCUT2D eigenvalue weighted by Crippen LogP contribution is -2.38. The molecule has 0 aliphatic carbocycles. The Kier molecular flexibility index (Phi) is 10.7. The average molecular weight is 750 g/mol. The zero-order valence-electron chi connectivity index (χ0n) is 31.8. The molecule has 0 radical (unpaired) electrons. The lowest BCUT2D eigenvalue weighted by atomic mass is 9.87. The van der Waals surface area contributed by atoms with Crippen LogP contribution in [0.1, 0.15) is 98.7 Å². The molecule has 10 nitrogen and oxygen atoms in total. The van der Waals surface area contributed by atoms with Crippen LogP contribution >= 0.6 is 0 Å². The van der Waals surface area contributed by atoms with Crippen molar-refractivity contribution in [2.75, 3.05) is 26.2 Å². The van der Waals surface area contributed by atoms with Crippen LogP contribution in [-0.2, 0) is 32.8 Å². The fourth-order valence-corrected chi connectivity index (χ4v) is 8.56. The lowest BCUT2D eigenvalue weighted by molar-refractivity contribution is -0.142. The fraction of sp³-hybridized carbons (Fsp3) is 0.311. The van der Waals surface area contributed by atoms with Crippen molar-refractivity contribution in [3.05, 3.63) is 148 Å². The number of nitrogens with zero attached hydrogens (tertiary/aromatic N) is 2. The van der Waals surface area contributed by atoms with Gasteiger partial charge >= 0.3 is 13.1 Å². The third kappa shape index (κ3) is 7.54. The number of rotatable bonds is 9. The molecule has 11 heteroatoms. The Labute approximate surface area is 328 Å². The quantitative estimate of drug-likeness (QED) is 0.143. The second-order valence-electron chi connectivity index (χ2n) is 15.4. The van der Waals surface area contributed by atoms with Gasteiger partial charge < -0.3 is 35.6 Å². The summed E-state index contributed by atoms with van der Waals surface area (Å²) in [7, 11) is -0.939. The number of nitrogens with one attached hydrogen (secondary N) is 1. The van der Waals surface area contributed by atoms with Gasteiger partial charge in [0.1, 0.15) is 5.69 Å². The Morgan fingerprint density at radius 1 is 0.786 bits per heavy atom. The molecule has 3 saturated heterocycles. The van der Waals surface area contributed by atoms with Crippen LogP contribution in [0.2, 0.25) is 0 Å². The van der Waals surface area contributed by atoms with Crippen molar-refractivity contribution in [2.24, 2.45) is 11.5 Å². The maximum atomic E-state index is 13.7. The van der Waals surface area contributed by atoms with Crippen molar-refractivity contribution in [3.63, 3.8) is 0 Å². The number of fused-ring (bicyclic) bond motifs is 1. The number of hydrogen-bond donors (Lipinski definition) is 3. The van der Waals surface area contributed by atoms with Gasteiger partial charge in [-0.05, 0) is 103 Å². The van der Waals surface area contributed by atoms with Gasteiger partial charge in [0.15, 0.2) is 5.60 Å². The summed E-state index contributed by atoms with van der Waals surface area (Å²) in [5.74, 6) is 1.90. The van der Waals surface area contributed by atoms with Gasteiger partial charge in [0.2, 0.25) is 0 Å². The van der Waals surface area contributed by atoms with Crippen molar-refractivity contribution in [2.45, 2.75) is 63.1 Å². The maximum Gasteiger partial charge on any atom is 0.558 e. The molecular weight excluding hydrogens is 701 g/mol. The zero-order valence-corrected chi connectivity index (χ0v) is 31.8. The van der Waals surface area contributed by atoms with Crippen molar-refractivity contribution >= 4 is 41.9 Å². The van der Waals surface area contributed by atoms with Crippen LogP contribution in [0.25, 0.3) is 17.0 Å². The van der Waals surface area contributed by atoms with E-state index in [1.54, 1.807) is 12.9 Å². The summed E-state index contributed by atoms with van der Waals surface area (Å²) < 4.78 is 12.0. The van der Waals surface area contributed by atoms with Gasteiger partial charge in [0, 0.05) is 61.3 Å². The highest BCUT2D eigenvalue weighted by Crippen LogP contribution is 2.39. The van der Waals surface area contributed by atoms with E-state index in [2.05, 4.69) is 41.4 Å². The molecule has 2 amide bonds. The number of hydrogen-bond acceptors (Lipinski definition) is 7. The molecule has 4 heterocycles. The molecule has 4 aromatic carbocycles. The van der Waals surface area contributed by atoms with Gasteiger partial charge in [-0.25, -0.2) is 0 Å². The largest absolute Gasteiger partial charge is 0.558 e. The molecule has 0 spiro atoms. The van der Waals surface area contributed by atoms with E-state index in [1.807, 2.05) is 76.5 Å². The van der Waals surface area contributed by atoms with Crippen LogP contribution in [0.4, 0.5) is 0 Å². The molecule has 1 atom stereocenters. The van der Waals surface area contributed by atoms with Crippen LogP contribution < -0.4 is 11.5 Å². The van der Waals surface area contributed by atoms with Crippen LogP contribution in [0.5, 0.6) is 0 Å². The number of benzene rings is 4. The normalized spacial score (nSPS) is 19.6. The summed E-state index contributed by atoms with van der Waals surface area (Å²) in [5, 5.41) is 0.729. The first-order valence-corrected chi connectivity index (χ1v) is 19.7. The summed E-state index contributed by atoms with van der Waals surface area (Å²) in [6.45, 7) is 5.42. The fourth-order valence-electron chi connectivity index (χ4n) is 8.56. The molecule has 0 unspecified atom stereocenters. The molecule has 3 aliphatic heterocycles. The molecule has 8 rings (SSSR count). The Morgan fingerprint density at radius 2 is 1.38 bits per heavy atom. The molecule has 5 aromatic rings. The number of amides is 2. The maximum absolute atomic E-state index is 13.7. The number of H-pyrrole nitrogens is 1. The minimum absolute atomic E-state index is 0.000988. The number of carbonyl (C=O) groups is 3. The summed E-state index contributed by atoms with van der Waals surface area (Å²) in [6.07, 6.45) is 5.37. The number of aromatic nitrogens is 1. The van der Waals surface area contributed by atoms with Crippen LogP contribution in [-0.4, -0.2) is 65.9 Å². The SMILES string of the molecule is C[C@@]1(c2cccc3[nH]c(C(=O)N4CCC(c5cccc(CN)c5)CC4)cc23)OB(/C=C/c2cccc(C(=O)N3CCC(c4cccc(CN)c4)CC3)c2)OC1=O. The second kappa shape index (κ2) is 15.9. The van der Waals surface area contributed by atoms with Gasteiger partial charge in [-0.1, -0.05) is 78.9 Å². The van der Waals surface area contributed by atoms with E-state index in [0.717, 1.165) is 53.3 Å². The molecule has 3 aliphatic rings. The highest BCUT2D eigenvalue weighted by atomic mass is 16.7. The minimum Gasteiger partial charge on any atom is -0.504 e. The predicted molar refractivity (Wildman–Crippen MR) is 218 cm³/mol. The molecular formula is C45H48BN5O5. The van der Waals surface area contributed by atoms with E-state index >= 15 is 0 Å². The number of aromatic amines is 1. The summed E-state index contributed by atoms with van der Waals surface area (Å²) in [6, 6.07) is 31.7. The van der Waals surface area contributed by atoms with Crippen molar-refractivity contribution < 1.29 is 23.7 Å².